The van der Waals surface area contributed by atoms with E-state index in [9.17, 15) is 18.4 Å². The molecule has 0 radical (unpaired) electrons. The van der Waals surface area contributed by atoms with Crippen molar-refractivity contribution in [2.45, 2.75) is 25.3 Å². The van der Waals surface area contributed by atoms with Crippen LogP contribution in [0.15, 0.2) is 53.5 Å². The lowest BCUT2D eigenvalue weighted by atomic mass is 10.1. The van der Waals surface area contributed by atoms with Crippen LogP contribution in [-0.4, -0.2) is 23.3 Å². The Kier molecular flexibility index (Phi) is 4.50. The van der Waals surface area contributed by atoms with Crippen LogP contribution in [-0.2, 0) is 0 Å². The quantitative estimate of drug-likeness (QED) is 0.697. The number of hydrogen-bond donors (Lipinski definition) is 1. The van der Waals surface area contributed by atoms with Gasteiger partial charge in [-0.15, -0.1) is 0 Å². The van der Waals surface area contributed by atoms with Crippen molar-refractivity contribution in [3.8, 4) is 17.2 Å². The SMILES string of the molecule is Cc1ccn(-c2ccc3c(c2)OCO3)c(=O)c1C(=O)N[C@H]1C[C@@H]1c1ccc(F)c(F)c1. The van der Waals surface area contributed by atoms with Gasteiger partial charge in [-0.3, -0.25) is 14.2 Å². The molecule has 2 heterocycles. The monoisotopic (exact) mass is 424 g/mol. The van der Waals surface area contributed by atoms with Crippen molar-refractivity contribution in [2.75, 3.05) is 6.79 Å². The summed E-state index contributed by atoms with van der Waals surface area (Å²) in [5.74, 6) is -1.30. The molecule has 8 heteroatoms. The number of carbonyl (C=O) groups is 1. The summed E-state index contributed by atoms with van der Waals surface area (Å²) in [5, 5.41) is 2.84. The number of nitrogens with one attached hydrogen (secondary N) is 1. The van der Waals surface area contributed by atoms with E-state index in [0.29, 0.717) is 34.7 Å². The van der Waals surface area contributed by atoms with Crippen LogP contribution in [0.25, 0.3) is 5.69 Å². The smallest absolute Gasteiger partial charge is 0.268 e. The molecule has 0 saturated heterocycles. The van der Waals surface area contributed by atoms with Gasteiger partial charge >= 0.3 is 0 Å². The molecule has 1 N–H and O–H groups in total. The van der Waals surface area contributed by atoms with E-state index in [1.807, 2.05) is 0 Å². The van der Waals surface area contributed by atoms with E-state index in [1.165, 1.54) is 10.6 Å². The van der Waals surface area contributed by atoms with Gasteiger partial charge in [0, 0.05) is 24.2 Å². The molecule has 1 aliphatic carbocycles. The Labute approximate surface area is 176 Å². The highest BCUT2D eigenvalue weighted by molar-refractivity contribution is 5.95. The maximum absolute atomic E-state index is 13.5. The van der Waals surface area contributed by atoms with Crippen molar-refractivity contribution >= 4 is 5.91 Å². The molecule has 2 aromatic carbocycles. The third-order valence-corrected chi connectivity index (χ3v) is 5.64. The Morgan fingerprint density at radius 1 is 1.06 bits per heavy atom. The number of rotatable bonds is 4. The Morgan fingerprint density at radius 2 is 1.87 bits per heavy atom. The number of benzene rings is 2. The third kappa shape index (κ3) is 3.43. The summed E-state index contributed by atoms with van der Waals surface area (Å²) in [6.07, 6.45) is 2.20. The van der Waals surface area contributed by atoms with Gasteiger partial charge < -0.3 is 14.8 Å². The van der Waals surface area contributed by atoms with Gasteiger partial charge in [-0.1, -0.05) is 6.07 Å². The van der Waals surface area contributed by atoms with E-state index in [1.54, 1.807) is 37.4 Å². The highest BCUT2D eigenvalue weighted by Crippen LogP contribution is 2.41. The van der Waals surface area contributed by atoms with Crippen LogP contribution in [0.1, 0.15) is 33.8 Å². The fourth-order valence-electron chi connectivity index (χ4n) is 3.85. The first-order valence-corrected chi connectivity index (χ1v) is 9.80. The molecule has 5 rings (SSSR count). The Balaban J connectivity index is 1.39. The number of ether oxygens (including phenoxy) is 2. The molecular formula is C23H18F2N2O4. The minimum Gasteiger partial charge on any atom is -0.454 e. The van der Waals surface area contributed by atoms with Crippen LogP contribution >= 0.6 is 0 Å². The van der Waals surface area contributed by atoms with Gasteiger partial charge in [0.25, 0.3) is 11.5 Å². The second-order valence-electron chi connectivity index (χ2n) is 7.68. The van der Waals surface area contributed by atoms with Crippen LogP contribution in [0.4, 0.5) is 8.78 Å². The first-order valence-electron chi connectivity index (χ1n) is 9.80. The van der Waals surface area contributed by atoms with Gasteiger partial charge in [0.2, 0.25) is 6.79 Å². The summed E-state index contributed by atoms with van der Waals surface area (Å²) >= 11 is 0. The first kappa shape index (κ1) is 19.3. The summed E-state index contributed by atoms with van der Waals surface area (Å²) in [6.45, 7) is 1.82. The Morgan fingerprint density at radius 3 is 2.68 bits per heavy atom. The first-order chi connectivity index (χ1) is 14.9. The number of halogens is 2. The second-order valence-corrected chi connectivity index (χ2v) is 7.68. The van der Waals surface area contributed by atoms with Crippen molar-refractivity contribution in [3.05, 3.63) is 87.3 Å². The Hall–Kier alpha value is -3.68. The summed E-state index contributed by atoms with van der Waals surface area (Å²) in [6, 6.07) is 10.3. The summed E-state index contributed by atoms with van der Waals surface area (Å²) in [4.78, 5) is 26.0. The molecule has 158 valence electrons. The summed E-state index contributed by atoms with van der Waals surface area (Å²) in [5.41, 5.74) is 1.29. The van der Waals surface area contributed by atoms with Crippen molar-refractivity contribution in [2.24, 2.45) is 0 Å². The van der Waals surface area contributed by atoms with E-state index in [4.69, 9.17) is 9.47 Å². The average molecular weight is 424 g/mol. The maximum Gasteiger partial charge on any atom is 0.268 e. The predicted octanol–water partition coefficient (Wildman–Crippen LogP) is 3.44. The van der Waals surface area contributed by atoms with Gasteiger partial charge in [-0.25, -0.2) is 8.78 Å². The molecule has 1 aromatic heterocycles. The van der Waals surface area contributed by atoms with Crippen molar-refractivity contribution in [1.29, 1.82) is 0 Å². The second kappa shape index (κ2) is 7.23. The number of fused-ring (bicyclic) bond motifs is 1. The molecule has 31 heavy (non-hydrogen) atoms. The normalized spacial score (nSPS) is 18.7. The number of hydrogen-bond acceptors (Lipinski definition) is 4. The fraction of sp³-hybridized carbons (Fsp3) is 0.217. The van der Waals surface area contributed by atoms with E-state index in [0.717, 1.165) is 12.1 Å². The summed E-state index contributed by atoms with van der Waals surface area (Å²) in [7, 11) is 0. The zero-order chi connectivity index (χ0) is 21.7. The molecule has 1 saturated carbocycles. The Bertz CT molecular complexity index is 1270. The van der Waals surface area contributed by atoms with Gasteiger partial charge in [0.05, 0.1) is 5.69 Å². The predicted molar refractivity (Wildman–Crippen MR) is 108 cm³/mol. The number of pyridine rings is 1. The van der Waals surface area contributed by atoms with E-state index >= 15 is 0 Å². The van der Waals surface area contributed by atoms with Crippen molar-refractivity contribution in [1.82, 2.24) is 9.88 Å². The molecule has 0 spiro atoms. The standard InChI is InChI=1S/C23H18F2N2O4/c1-12-6-7-27(14-3-5-19-20(9-14)31-11-30-19)23(29)21(12)22(28)26-18-10-15(18)13-2-4-16(24)17(25)8-13/h2-9,15,18H,10-11H2,1H3,(H,26,28)/t15-,18+/m1/s1. The molecule has 0 unspecified atom stereocenters. The van der Waals surface area contributed by atoms with E-state index < -0.39 is 23.1 Å². The molecule has 2 atom stereocenters. The summed E-state index contributed by atoms with van der Waals surface area (Å²) < 4.78 is 38.7. The maximum atomic E-state index is 13.5. The van der Waals surface area contributed by atoms with E-state index in [-0.39, 0.29) is 24.3 Å². The van der Waals surface area contributed by atoms with Crippen LogP contribution in [0.5, 0.6) is 11.5 Å². The van der Waals surface area contributed by atoms with E-state index in [2.05, 4.69) is 5.32 Å². The van der Waals surface area contributed by atoms with Crippen LogP contribution in [0.3, 0.4) is 0 Å². The van der Waals surface area contributed by atoms with Crippen molar-refractivity contribution in [3.63, 3.8) is 0 Å². The fourth-order valence-corrected chi connectivity index (χ4v) is 3.85. The molecule has 1 fully saturated rings. The molecular weight excluding hydrogens is 406 g/mol. The highest BCUT2D eigenvalue weighted by atomic mass is 19.2. The number of aryl methyl sites for hydroxylation is 1. The van der Waals surface area contributed by atoms with Crippen LogP contribution < -0.4 is 20.3 Å². The van der Waals surface area contributed by atoms with Crippen LogP contribution in [0.2, 0.25) is 0 Å². The molecule has 2 aliphatic rings. The number of aromatic nitrogens is 1. The molecule has 0 bridgehead atoms. The molecule has 1 amide bonds. The van der Waals surface area contributed by atoms with Gasteiger partial charge in [-0.05, 0) is 54.8 Å². The number of carbonyl (C=O) groups excluding carboxylic acids is 1. The third-order valence-electron chi connectivity index (χ3n) is 5.64. The van der Waals surface area contributed by atoms with Crippen LogP contribution in [0, 0.1) is 18.6 Å². The van der Waals surface area contributed by atoms with Gasteiger partial charge in [0.1, 0.15) is 5.56 Å². The van der Waals surface area contributed by atoms with Crippen molar-refractivity contribution < 1.29 is 23.0 Å². The zero-order valence-electron chi connectivity index (χ0n) is 16.5. The lowest BCUT2D eigenvalue weighted by molar-refractivity contribution is 0.0948. The molecule has 1 aliphatic heterocycles. The largest absolute Gasteiger partial charge is 0.454 e. The lowest BCUT2D eigenvalue weighted by Gasteiger charge is -2.12. The number of nitrogens with zero attached hydrogens (tertiary/aromatic N) is 1. The van der Waals surface area contributed by atoms with Gasteiger partial charge in [0.15, 0.2) is 23.1 Å². The average Bonchev–Trinajstić information content (AvgIpc) is 3.33. The van der Waals surface area contributed by atoms with Gasteiger partial charge in [-0.2, -0.15) is 0 Å². The zero-order valence-corrected chi connectivity index (χ0v) is 16.5. The topological polar surface area (TPSA) is 69.6 Å². The number of amides is 1. The highest BCUT2D eigenvalue weighted by Gasteiger charge is 2.40. The lowest BCUT2D eigenvalue weighted by Crippen LogP contribution is -2.35. The minimum atomic E-state index is -0.917. The molecule has 3 aromatic rings. The minimum absolute atomic E-state index is 0.0381. The molecule has 6 nitrogen and oxygen atoms in total.